The van der Waals surface area contributed by atoms with Crippen molar-refractivity contribution in [2.45, 2.75) is 19.4 Å². The van der Waals surface area contributed by atoms with E-state index >= 15 is 0 Å². The molecule has 0 radical (unpaired) electrons. The van der Waals surface area contributed by atoms with Gasteiger partial charge in [-0.1, -0.05) is 30.3 Å². The summed E-state index contributed by atoms with van der Waals surface area (Å²) >= 11 is 0. The fourth-order valence-electron chi connectivity index (χ4n) is 3.93. The lowest BCUT2D eigenvalue weighted by Gasteiger charge is -2.17. The van der Waals surface area contributed by atoms with Crippen molar-refractivity contribution >= 4 is 18.1 Å². The van der Waals surface area contributed by atoms with E-state index in [-0.39, 0.29) is 18.1 Å². The van der Waals surface area contributed by atoms with E-state index in [1.807, 2.05) is 36.4 Å². The van der Waals surface area contributed by atoms with E-state index in [1.54, 1.807) is 6.92 Å². The fourth-order valence-corrected chi connectivity index (χ4v) is 3.93. The molecule has 5 rings (SSSR count). The van der Waals surface area contributed by atoms with Crippen LogP contribution in [0.3, 0.4) is 0 Å². The number of rotatable bonds is 4. The van der Waals surface area contributed by atoms with E-state index in [0.29, 0.717) is 22.9 Å². The van der Waals surface area contributed by atoms with E-state index in [1.165, 1.54) is 22.9 Å². The Morgan fingerprint density at radius 3 is 2.72 bits per heavy atom. The first-order valence-electron chi connectivity index (χ1n) is 9.80. The number of aromatic amines is 1. The van der Waals surface area contributed by atoms with Crippen molar-refractivity contribution in [3.8, 4) is 0 Å². The first-order chi connectivity index (χ1) is 15.4. The molecule has 3 heterocycles. The second-order valence-electron chi connectivity index (χ2n) is 7.42. The van der Waals surface area contributed by atoms with Gasteiger partial charge in [-0.05, 0) is 29.3 Å². The van der Waals surface area contributed by atoms with Crippen molar-refractivity contribution in [1.29, 1.82) is 0 Å². The minimum Gasteiger partial charge on any atom is -0.475 e. The number of carboxylic acid groups (broad SMARTS) is 1. The van der Waals surface area contributed by atoms with Crippen LogP contribution in [-0.4, -0.2) is 25.6 Å². The van der Waals surface area contributed by atoms with Crippen molar-refractivity contribution in [3.05, 3.63) is 109 Å². The fraction of sp³-hybridized carbons (Fsp3) is 0.130. The maximum atomic E-state index is 12.9. The molecule has 0 spiro atoms. The predicted octanol–water partition coefficient (Wildman–Crippen LogP) is 2.84. The molecule has 1 aromatic carbocycles. The second kappa shape index (κ2) is 7.38. The lowest BCUT2D eigenvalue weighted by Crippen LogP contribution is -2.33. The number of benzene rings is 1. The average Bonchev–Trinajstić information content (AvgIpc) is 3.34. The number of carboxylic acids is 1. The highest BCUT2D eigenvalue weighted by molar-refractivity contribution is 5.84. The maximum absolute atomic E-state index is 12.9. The quantitative estimate of drug-likeness (QED) is 0.447. The minimum atomic E-state index is -1.21. The van der Waals surface area contributed by atoms with E-state index in [9.17, 15) is 14.4 Å². The highest BCUT2D eigenvalue weighted by Gasteiger charge is 2.30. The Kier molecular flexibility index (Phi) is 4.51. The van der Waals surface area contributed by atoms with Crippen LogP contribution in [0.5, 0.6) is 0 Å². The SMILES string of the molecule is Cc1nc2c(o1)C=Cc1ccccc1C2c1cn(Cc2ccc(C(=O)O)o2)c(=O)[nH]c1=O. The minimum absolute atomic E-state index is 0.0484. The van der Waals surface area contributed by atoms with E-state index in [0.717, 1.165) is 11.1 Å². The first kappa shape index (κ1) is 19.6. The summed E-state index contributed by atoms with van der Waals surface area (Å²) in [6.07, 6.45) is 5.18. The van der Waals surface area contributed by atoms with Crippen LogP contribution in [0.15, 0.2) is 61.0 Å². The van der Waals surface area contributed by atoms with Gasteiger partial charge in [0, 0.05) is 18.7 Å². The topological polar surface area (TPSA) is 131 Å². The molecule has 4 aromatic rings. The number of nitrogens with zero attached hydrogens (tertiary/aromatic N) is 2. The number of hydrogen-bond acceptors (Lipinski definition) is 6. The molecule has 32 heavy (non-hydrogen) atoms. The Balaban J connectivity index is 1.67. The zero-order valence-electron chi connectivity index (χ0n) is 16.9. The lowest BCUT2D eigenvalue weighted by atomic mass is 9.87. The van der Waals surface area contributed by atoms with Gasteiger partial charge >= 0.3 is 11.7 Å². The number of H-pyrrole nitrogens is 1. The number of oxazole rings is 1. The highest BCUT2D eigenvalue weighted by Crippen LogP contribution is 2.37. The van der Waals surface area contributed by atoms with E-state index in [2.05, 4.69) is 9.97 Å². The molecule has 9 nitrogen and oxygen atoms in total. The number of aryl methyl sites for hydroxylation is 1. The summed E-state index contributed by atoms with van der Waals surface area (Å²) in [4.78, 5) is 43.4. The molecule has 2 N–H and O–H groups in total. The molecular formula is C23H17N3O6. The number of aromatic carboxylic acids is 1. The molecule has 0 amide bonds. The summed E-state index contributed by atoms with van der Waals surface area (Å²) in [6.45, 7) is 1.68. The van der Waals surface area contributed by atoms with Crippen LogP contribution in [0.2, 0.25) is 0 Å². The van der Waals surface area contributed by atoms with Gasteiger partial charge in [0.2, 0.25) is 5.76 Å². The number of carbonyl (C=O) groups is 1. The van der Waals surface area contributed by atoms with Crippen molar-refractivity contribution in [2.24, 2.45) is 0 Å². The maximum Gasteiger partial charge on any atom is 0.371 e. The highest BCUT2D eigenvalue weighted by atomic mass is 16.4. The molecule has 0 fully saturated rings. The third kappa shape index (κ3) is 3.29. The Labute approximate surface area is 180 Å². The van der Waals surface area contributed by atoms with Crippen molar-refractivity contribution < 1.29 is 18.7 Å². The molecule has 9 heteroatoms. The monoisotopic (exact) mass is 431 g/mol. The molecule has 0 saturated heterocycles. The van der Waals surface area contributed by atoms with Gasteiger partial charge in [0.15, 0.2) is 11.7 Å². The third-order valence-electron chi connectivity index (χ3n) is 5.33. The summed E-state index contributed by atoms with van der Waals surface area (Å²) in [5.41, 5.74) is 1.45. The molecule has 1 aliphatic carbocycles. The van der Waals surface area contributed by atoms with Gasteiger partial charge in [0.25, 0.3) is 5.56 Å². The molecule has 1 aliphatic rings. The van der Waals surface area contributed by atoms with Crippen LogP contribution in [0.25, 0.3) is 12.2 Å². The number of fused-ring (bicyclic) bond motifs is 2. The normalized spacial score (nSPS) is 14.6. The number of aromatic nitrogens is 3. The van der Waals surface area contributed by atoms with Crippen LogP contribution >= 0.6 is 0 Å². The van der Waals surface area contributed by atoms with Gasteiger partial charge in [0.05, 0.1) is 18.2 Å². The third-order valence-corrected chi connectivity index (χ3v) is 5.33. The Bertz CT molecular complexity index is 1500. The first-order valence-corrected chi connectivity index (χ1v) is 9.80. The summed E-state index contributed by atoms with van der Waals surface area (Å²) < 4.78 is 12.3. The summed E-state index contributed by atoms with van der Waals surface area (Å²) in [5, 5.41) is 9.05. The molecule has 0 saturated carbocycles. The van der Waals surface area contributed by atoms with Crippen LogP contribution in [-0.2, 0) is 6.54 Å². The summed E-state index contributed by atoms with van der Waals surface area (Å²) in [5.74, 6) is -0.742. The molecule has 0 aliphatic heterocycles. The zero-order valence-corrected chi connectivity index (χ0v) is 16.9. The Hall–Kier alpha value is -4.40. The standard InChI is InChI=1S/C23H17N3O6/c1-12-24-20-17(31-12)8-6-13-4-2-3-5-15(13)19(20)16-11-26(23(30)25-21(16)27)10-14-7-9-18(32-14)22(28)29/h2-9,11,19H,10H2,1H3,(H,28,29)(H,25,27,30). The van der Waals surface area contributed by atoms with Gasteiger partial charge in [0.1, 0.15) is 5.76 Å². The van der Waals surface area contributed by atoms with Gasteiger partial charge in [-0.3, -0.25) is 14.3 Å². The zero-order chi connectivity index (χ0) is 22.4. The van der Waals surface area contributed by atoms with Crippen LogP contribution < -0.4 is 11.2 Å². The number of furan rings is 1. The predicted molar refractivity (Wildman–Crippen MR) is 114 cm³/mol. The van der Waals surface area contributed by atoms with Crippen molar-refractivity contribution in [2.75, 3.05) is 0 Å². The van der Waals surface area contributed by atoms with Gasteiger partial charge in [-0.2, -0.15) is 0 Å². The second-order valence-corrected chi connectivity index (χ2v) is 7.42. The molecule has 3 aromatic heterocycles. The van der Waals surface area contributed by atoms with Gasteiger partial charge in [-0.15, -0.1) is 0 Å². The van der Waals surface area contributed by atoms with E-state index < -0.39 is 23.1 Å². The molecule has 0 bridgehead atoms. The molecule has 160 valence electrons. The summed E-state index contributed by atoms with van der Waals surface area (Å²) in [7, 11) is 0. The molecule has 1 unspecified atom stereocenters. The lowest BCUT2D eigenvalue weighted by molar-refractivity contribution is 0.0660. The molecular weight excluding hydrogens is 414 g/mol. The van der Waals surface area contributed by atoms with Gasteiger partial charge < -0.3 is 13.9 Å². The van der Waals surface area contributed by atoms with Gasteiger partial charge in [-0.25, -0.2) is 14.6 Å². The Morgan fingerprint density at radius 2 is 1.94 bits per heavy atom. The largest absolute Gasteiger partial charge is 0.475 e. The van der Waals surface area contributed by atoms with Crippen LogP contribution in [0.4, 0.5) is 0 Å². The average molecular weight is 431 g/mol. The number of hydrogen-bond donors (Lipinski definition) is 2. The Morgan fingerprint density at radius 1 is 1.12 bits per heavy atom. The van der Waals surface area contributed by atoms with Crippen molar-refractivity contribution in [3.63, 3.8) is 0 Å². The molecule has 1 atom stereocenters. The smallest absolute Gasteiger partial charge is 0.371 e. The van der Waals surface area contributed by atoms with E-state index in [4.69, 9.17) is 13.9 Å². The van der Waals surface area contributed by atoms with Crippen molar-refractivity contribution in [1.82, 2.24) is 14.5 Å². The summed E-state index contributed by atoms with van der Waals surface area (Å²) in [6, 6.07) is 10.4. The number of nitrogens with one attached hydrogen (secondary N) is 1. The van der Waals surface area contributed by atoms with Crippen LogP contribution in [0, 0.1) is 6.92 Å². The van der Waals surface area contributed by atoms with Crippen LogP contribution in [0.1, 0.15) is 56.3 Å².